The third-order valence-electron chi connectivity index (χ3n) is 9.40. The Morgan fingerprint density at radius 3 is 2.49 bits per heavy atom. The first-order chi connectivity index (χ1) is 25.5. The largest absolute Gasteiger partial charge is 0.483 e. The molecule has 0 aliphatic carbocycles. The highest BCUT2D eigenvalue weighted by molar-refractivity contribution is 6.05. The van der Waals surface area contributed by atoms with E-state index in [4.69, 9.17) is 33.8 Å². The van der Waals surface area contributed by atoms with Gasteiger partial charge in [0.15, 0.2) is 17.1 Å². The van der Waals surface area contributed by atoms with Crippen molar-refractivity contribution in [3.63, 3.8) is 0 Å². The lowest BCUT2D eigenvalue weighted by atomic mass is 9.90. The number of para-hydroxylation sites is 1. The second kappa shape index (κ2) is 15.6. The van der Waals surface area contributed by atoms with Gasteiger partial charge in [-0.3, -0.25) is 14.6 Å². The molecule has 15 heteroatoms. The van der Waals surface area contributed by atoms with Gasteiger partial charge in [0.25, 0.3) is 12.0 Å². The Morgan fingerprint density at radius 2 is 1.81 bits per heavy atom. The molecule has 2 N–H and O–H groups in total. The van der Waals surface area contributed by atoms with Crippen LogP contribution < -0.4 is 15.4 Å². The second-order valence-corrected chi connectivity index (χ2v) is 13.2. The Labute approximate surface area is 303 Å². The number of hydrogen-bond donors (Lipinski definition) is 2. The summed E-state index contributed by atoms with van der Waals surface area (Å²) in [5, 5.41) is 7.97. The summed E-state index contributed by atoms with van der Waals surface area (Å²) in [6.07, 6.45) is 0.317. The zero-order chi connectivity index (χ0) is 37.8. The van der Waals surface area contributed by atoms with E-state index < -0.39 is 17.5 Å². The maximum Gasteiger partial charge on any atom is 0.434 e. The van der Waals surface area contributed by atoms with Gasteiger partial charge in [-0.2, -0.15) is 13.2 Å². The number of halogens is 3. The van der Waals surface area contributed by atoms with Gasteiger partial charge in [-0.15, -0.1) is 0 Å². The molecule has 53 heavy (non-hydrogen) atoms. The van der Waals surface area contributed by atoms with Crippen molar-refractivity contribution in [1.82, 2.24) is 19.9 Å². The van der Waals surface area contributed by atoms with Crippen LogP contribution in [-0.4, -0.2) is 82.6 Å². The molecule has 1 unspecified atom stereocenters. The Hall–Kier alpha value is -5.46. The number of aromatic nitrogens is 4. The zero-order valence-electron chi connectivity index (χ0n) is 29.4. The van der Waals surface area contributed by atoms with Crippen LogP contribution in [0, 0.1) is 11.8 Å². The van der Waals surface area contributed by atoms with Crippen LogP contribution in [0.3, 0.4) is 0 Å². The molecular formula is C38H39F3N6O6. The fourth-order valence-electron chi connectivity index (χ4n) is 6.53. The van der Waals surface area contributed by atoms with E-state index in [0.717, 1.165) is 53.0 Å². The first kappa shape index (κ1) is 37.3. The lowest BCUT2D eigenvalue weighted by Crippen LogP contribution is -2.68. The fourth-order valence-corrected chi connectivity index (χ4v) is 6.53. The molecule has 3 saturated heterocycles. The summed E-state index contributed by atoms with van der Waals surface area (Å²) in [6, 6.07) is 12.3. The minimum atomic E-state index is -4.59. The van der Waals surface area contributed by atoms with E-state index in [2.05, 4.69) is 46.6 Å². The number of ether oxygens (including phenoxy) is 2. The van der Waals surface area contributed by atoms with Crippen molar-refractivity contribution in [1.29, 1.82) is 0 Å². The van der Waals surface area contributed by atoms with Gasteiger partial charge < -0.3 is 33.8 Å². The van der Waals surface area contributed by atoms with E-state index in [0.29, 0.717) is 43.5 Å². The average molecular weight is 733 g/mol. The normalized spacial score (nSPS) is 17.8. The summed E-state index contributed by atoms with van der Waals surface area (Å²) in [6.45, 7) is 9.99. The van der Waals surface area contributed by atoms with Crippen LogP contribution in [0.4, 0.5) is 24.7 Å². The SMILES string of the molecule is CC(C)c1nc(N2CCCC2)c2oc3ccccc3c2n1.CC1N(c2cc(C#Cc3cccnc3C(F)(F)F)c[nH]c2=O)CCOC12COC2.O=CO. The molecule has 3 fully saturated rings. The number of nitrogens with zero attached hydrogens (tertiary/aromatic N) is 5. The van der Waals surface area contributed by atoms with Crippen molar-refractivity contribution in [2.75, 3.05) is 49.3 Å². The fraction of sp³-hybridized carbons (Fsp3) is 0.395. The van der Waals surface area contributed by atoms with Crippen molar-refractivity contribution >= 4 is 40.0 Å². The molecule has 0 radical (unpaired) electrons. The smallest absolute Gasteiger partial charge is 0.434 e. The van der Waals surface area contributed by atoms with Crippen LogP contribution in [0.15, 0.2) is 64.1 Å². The molecule has 278 valence electrons. The highest BCUT2D eigenvalue weighted by Crippen LogP contribution is 2.36. The average Bonchev–Trinajstić information content (AvgIpc) is 3.80. The minimum absolute atomic E-state index is 0.0931. The highest BCUT2D eigenvalue weighted by Gasteiger charge is 2.50. The number of carbonyl (C=O) groups is 1. The van der Waals surface area contributed by atoms with E-state index in [9.17, 15) is 18.0 Å². The highest BCUT2D eigenvalue weighted by atomic mass is 19.4. The number of aromatic amines is 1. The van der Waals surface area contributed by atoms with Crippen LogP contribution in [0.25, 0.3) is 22.1 Å². The number of furan rings is 1. The van der Waals surface area contributed by atoms with E-state index in [1.807, 2.05) is 30.0 Å². The molecular weight excluding hydrogens is 693 g/mol. The van der Waals surface area contributed by atoms with E-state index in [1.165, 1.54) is 31.2 Å². The summed E-state index contributed by atoms with van der Waals surface area (Å²) in [4.78, 5) is 40.6. The molecule has 0 bridgehead atoms. The topological polar surface area (TPSA) is 147 Å². The molecule has 8 rings (SSSR count). The third kappa shape index (κ3) is 7.84. The van der Waals surface area contributed by atoms with Crippen molar-refractivity contribution < 1.29 is 37.0 Å². The quantitative estimate of drug-likeness (QED) is 0.167. The Kier molecular flexibility index (Phi) is 11.0. The number of alkyl halides is 3. The number of rotatable bonds is 3. The van der Waals surface area contributed by atoms with Gasteiger partial charge in [0.05, 0.1) is 31.4 Å². The molecule has 5 aromatic rings. The zero-order valence-corrected chi connectivity index (χ0v) is 29.4. The summed E-state index contributed by atoms with van der Waals surface area (Å²) < 4.78 is 56.5. The number of benzene rings is 1. The van der Waals surface area contributed by atoms with Crippen molar-refractivity contribution in [2.45, 2.75) is 57.3 Å². The van der Waals surface area contributed by atoms with Crippen LogP contribution in [0.1, 0.15) is 62.2 Å². The molecule has 1 atom stereocenters. The number of H-pyrrole nitrogens is 1. The number of morpholine rings is 1. The second-order valence-electron chi connectivity index (χ2n) is 13.2. The molecule has 1 aromatic carbocycles. The predicted octanol–water partition coefficient (Wildman–Crippen LogP) is 5.98. The number of hydrogen-bond acceptors (Lipinski definition) is 10. The Balaban J connectivity index is 0.000000176. The summed E-state index contributed by atoms with van der Waals surface area (Å²) in [7, 11) is 0. The number of anilines is 2. The standard InChI is InChI=1S/C20H18F3N3O3.C17H19N3O.CH2O2/c1-13-19(11-28-12-19)29-8-7-26(13)16-9-14(10-25-18(16)27)4-5-15-3-2-6-24-17(15)20(21,22)23;1-11(2)16-18-14-12-7-3-4-8-13(12)21-15(14)17(19-16)20-9-5-6-10-20;2-1-3/h2-3,6,9-10,13H,7-8,11-12H2,1H3,(H,25,27);3-4,7-8,11H,5-6,9-10H2,1-2H3;1H,(H,2,3). The lowest BCUT2D eigenvalue weighted by Gasteiger charge is -2.53. The number of carboxylic acid groups (broad SMARTS) is 1. The molecule has 7 heterocycles. The number of pyridine rings is 2. The molecule has 0 saturated carbocycles. The van der Waals surface area contributed by atoms with Gasteiger partial charge in [-0.25, -0.2) is 9.97 Å². The first-order valence-electron chi connectivity index (χ1n) is 17.2. The summed E-state index contributed by atoms with van der Waals surface area (Å²) >= 11 is 0. The van der Waals surface area contributed by atoms with E-state index in [1.54, 1.807) is 6.07 Å². The van der Waals surface area contributed by atoms with Crippen molar-refractivity contribution in [3.05, 3.63) is 87.9 Å². The molecule has 12 nitrogen and oxygen atoms in total. The summed E-state index contributed by atoms with van der Waals surface area (Å²) in [5.74, 6) is 7.40. The maximum absolute atomic E-state index is 13.1. The van der Waals surface area contributed by atoms with Crippen molar-refractivity contribution in [2.24, 2.45) is 0 Å². The van der Waals surface area contributed by atoms with Gasteiger partial charge in [-0.05, 0) is 50.1 Å². The molecule has 3 aliphatic rings. The minimum Gasteiger partial charge on any atom is -0.483 e. The predicted molar refractivity (Wildman–Crippen MR) is 192 cm³/mol. The molecule has 3 aliphatic heterocycles. The monoisotopic (exact) mass is 732 g/mol. The number of nitrogens with one attached hydrogen (secondary N) is 1. The number of fused-ring (bicyclic) bond motifs is 3. The molecule has 0 amide bonds. The summed E-state index contributed by atoms with van der Waals surface area (Å²) in [5.41, 5.74) is 1.48. The van der Waals surface area contributed by atoms with Crippen LogP contribution in [0.5, 0.6) is 0 Å². The lowest BCUT2D eigenvalue weighted by molar-refractivity contribution is -0.228. The van der Waals surface area contributed by atoms with Gasteiger partial charge in [0.1, 0.15) is 28.2 Å². The van der Waals surface area contributed by atoms with E-state index in [-0.39, 0.29) is 23.6 Å². The first-order valence-corrected chi connectivity index (χ1v) is 17.2. The van der Waals surface area contributed by atoms with Gasteiger partial charge in [-0.1, -0.05) is 37.8 Å². The third-order valence-corrected chi connectivity index (χ3v) is 9.40. The molecule has 4 aromatic heterocycles. The van der Waals surface area contributed by atoms with E-state index >= 15 is 0 Å². The van der Waals surface area contributed by atoms with Crippen LogP contribution in [0.2, 0.25) is 0 Å². The maximum atomic E-state index is 13.1. The molecule has 1 spiro atoms. The van der Waals surface area contributed by atoms with Crippen LogP contribution >= 0.6 is 0 Å². The van der Waals surface area contributed by atoms with Crippen LogP contribution in [-0.2, 0) is 20.4 Å². The van der Waals surface area contributed by atoms with Gasteiger partial charge >= 0.3 is 6.18 Å². The van der Waals surface area contributed by atoms with Gasteiger partial charge in [0.2, 0.25) is 0 Å². The van der Waals surface area contributed by atoms with Crippen molar-refractivity contribution in [3.8, 4) is 11.8 Å². The Bertz CT molecular complexity index is 2200. The Morgan fingerprint density at radius 1 is 1.08 bits per heavy atom. The van der Waals surface area contributed by atoms with Gasteiger partial charge in [0, 0.05) is 48.9 Å².